The Hall–Kier alpha value is -1.82. The van der Waals surface area contributed by atoms with Crippen molar-refractivity contribution in [1.29, 1.82) is 0 Å². The van der Waals surface area contributed by atoms with Crippen molar-refractivity contribution in [2.75, 3.05) is 18.1 Å². The number of nitrogens with zero attached hydrogens (tertiary/aromatic N) is 2. The number of carbonyl (C=O) groups excluding carboxylic acids is 1. The van der Waals surface area contributed by atoms with E-state index in [2.05, 4.69) is 21.4 Å². The Labute approximate surface area is 140 Å². The minimum absolute atomic E-state index is 0.116. The van der Waals surface area contributed by atoms with Gasteiger partial charge in [-0.25, -0.2) is 4.98 Å². The minimum atomic E-state index is 0.116. The molecule has 1 aliphatic carbocycles. The molecule has 0 atom stereocenters. The molecule has 1 fully saturated rings. The smallest absolute Gasteiger partial charge is 0.297 e. The van der Waals surface area contributed by atoms with Gasteiger partial charge in [-0.1, -0.05) is 17.1 Å². The first kappa shape index (κ1) is 16.1. The first-order valence-electron chi connectivity index (χ1n) is 8.01. The number of anilines is 1. The lowest BCUT2D eigenvalue weighted by molar-refractivity contribution is -0.415. The Kier molecular flexibility index (Phi) is 4.71. The summed E-state index contributed by atoms with van der Waals surface area (Å²) < 4.78 is 0. The Morgan fingerprint density at radius 1 is 1.43 bits per heavy atom. The molecule has 1 amide bonds. The van der Waals surface area contributed by atoms with Crippen LogP contribution in [0.5, 0.6) is 0 Å². The number of para-hydroxylation sites is 1. The lowest BCUT2D eigenvalue weighted by atomic mass is 10.2. The molecule has 0 bridgehead atoms. The van der Waals surface area contributed by atoms with Crippen molar-refractivity contribution >= 4 is 34.4 Å². The quantitative estimate of drug-likeness (QED) is 0.653. The maximum absolute atomic E-state index is 12.1. The van der Waals surface area contributed by atoms with Crippen molar-refractivity contribution < 1.29 is 9.78 Å². The molecule has 0 saturated heterocycles. The third-order valence-corrected chi connectivity index (χ3v) is 4.91. The summed E-state index contributed by atoms with van der Waals surface area (Å²) in [5.74, 6) is 1.51. The number of hydrogen-bond donors (Lipinski definition) is 1. The highest BCUT2D eigenvalue weighted by atomic mass is 32.2. The largest absolute Gasteiger partial charge is 0.343 e. The molecule has 5 nitrogen and oxygen atoms in total. The fourth-order valence-corrected chi connectivity index (χ4v) is 3.03. The Bertz CT molecular complexity index is 715. The van der Waals surface area contributed by atoms with Crippen LogP contribution in [0.25, 0.3) is 10.9 Å². The van der Waals surface area contributed by atoms with Gasteiger partial charge in [-0.15, -0.1) is 0 Å². The molecule has 1 saturated carbocycles. The average molecular weight is 331 g/mol. The molecule has 0 unspecified atom stereocenters. The molecule has 23 heavy (non-hydrogen) atoms. The summed E-state index contributed by atoms with van der Waals surface area (Å²) in [6.45, 7) is 4.03. The van der Waals surface area contributed by atoms with Crippen molar-refractivity contribution in [3.05, 3.63) is 24.3 Å². The second kappa shape index (κ2) is 6.74. The van der Waals surface area contributed by atoms with E-state index in [-0.39, 0.29) is 11.9 Å². The van der Waals surface area contributed by atoms with Crippen molar-refractivity contribution in [1.82, 2.24) is 9.88 Å². The summed E-state index contributed by atoms with van der Waals surface area (Å²) in [6, 6.07) is 8.85. The van der Waals surface area contributed by atoms with Crippen LogP contribution in [0.3, 0.4) is 0 Å². The highest BCUT2D eigenvalue weighted by Crippen LogP contribution is 2.27. The number of aromatic nitrogens is 2. The van der Waals surface area contributed by atoms with E-state index >= 15 is 0 Å². The third kappa shape index (κ3) is 3.93. The zero-order valence-corrected chi connectivity index (χ0v) is 14.6. The maximum Gasteiger partial charge on any atom is 0.297 e. The van der Waals surface area contributed by atoms with Gasteiger partial charge in [0.05, 0.1) is 17.2 Å². The molecule has 0 spiro atoms. The highest BCUT2D eigenvalue weighted by molar-refractivity contribution is 7.99. The van der Waals surface area contributed by atoms with Crippen molar-refractivity contribution in [2.24, 2.45) is 0 Å². The van der Waals surface area contributed by atoms with E-state index in [4.69, 9.17) is 0 Å². The lowest BCUT2D eigenvalue weighted by Crippen LogP contribution is -2.34. The number of thioether (sulfide) groups is 1. The molecule has 2 N–H and O–H groups in total. The fraction of sp³-hybridized carbons (Fsp3) is 0.471. The molecular weight excluding hydrogens is 308 g/mol. The fourth-order valence-electron chi connectivity index (χ4n) is 2.23. The molecule has 122 valence electrons. The maximum atomic E-state index is 12.1. The predicted octanol–water partition coefficient (Wildman–Crippen LogP) is 2.58. The normalized spacial score (nSPS) is 14.3. The number of nitrogens with one attached hydrogen (secondary N) is 2. The van der Waals surface area contributed by atoms with Gasteiger partial charge in [0.1, 0.15) is 0 Å². The zero-order valence-electron chi connectivity index (χ0n) is 13.8. The van der Waals surface area contributed by atoms with E-state index in [1.807, 2.05) is 39.1 Å². The van der Waals surface area contributed by atoms with E-state index in [1.54, 1.807) is 4.90 Å². The lowest BCUT2D eigenvalue weighted by Gasteiger charge is -2.20. The second-order valence-electron chi connectivity index (χ2n) is 6.24. The molecular formula is C17H23N4OS+. The third-order valence-electron chi connectivity index (χ3n) is 4.05. The Morgan fingerprint density at radius 2 is 2.17 bits per heavy atom. The number of amides is 1. The summed E-state index contributed by atoms with van der Waals surface area (Å²) in [5, 5.41) is 5.39. The van der Waals surface area contributed by atoms with Gasteiger partial charge in [0.25, 0.3) is 5.16 Å². The summed E-state index contributed by atoms with van der Waals surface area (Å²) in [4.78, 5) is 21.9. The number of benzene rings is 1. The SMILES string of the molecule is CC(C)N(C)C(=O)CSc1nc2ccccc2c(NC2CC2)[nH+]1. The van der Waals surface area contributed by atoms with Gasteiger partial charge in [-0.3, -0.25) is 4.79 Å². The van der Waals surface area contributed by atoms with Crippen molar-refractivity contribution in [2.45, 2.75) is 43.9 Å². The van der Waals surface area contributed by atoms with Crippen LogP contribution in [0.15, 0.2) is 29.4 Å². The van der Waals surface area contributed by atoms with E-state index in [0.717, 1.165) is 21.9 Å². The number of hydrogen-bond acceptors (Lipinski definition) is 4. The predicted molar refractivity (Wildman–Crippen MR) is 93.6 cm³/mol. The second-order valence-corrected chi connectivity index (χ2v) is 7.20. The number of fused-ring (bicyclic) bond motifs is 1. The summed E-state index contributed by atoms with van der Waals surface area (Å²) in [7, 11) is 1.84. The number of carbonyl (C=O) groups is 1. The van der Waals surface area contributed by atoms with E-state index < -0.39 is 0 Å². The van der Waals surface area contributed by atoms with Crippen LogP contribution in [0, 0.1) is 0 Å². The minimum Gasteiger partial charge on any atom is -0.343 e. The molecule has 0 radical (unpaired) electrons. The van der Waals surface area contributed by atoms with E-state index in [9.17, 15) is 4.79 Å². The molecule has 1 aromatic heterocycles. The topological polar surface area (TPSA) is 59.4 Å². The van der Waals surface area contributed by atoms with Gasteiger partial charge in [-0.05, 0) is 50.6 Å². The number of rotatable bonds is 6. The average Bonchev–Trinajstić information content (AvgIpc) is 3.35. The zero-order chi connectivity index (χ0) is 16.4. The van der Waals surface area contributed by atoms with Crippen molar-refractivity contribution in [3.8, 4) is 0 Å². The molecule has 1 aliphatic rings. The standard InChI is InChI=1S/C17H22N4OS/c1-11(2)21(3)15(22)10-23-17-19-14-7-5-4-6-13(14)16(20-17)18-12-8-9-12/h4-7,11-12H,8-10H2,1-3H3,(H,18,19,20)/p+1. The number of H-pyrrole nitrogens is 1. The van der Waals surface area contributed by atoms with Crippen LogP contribution in [0.2, 0.25) is 0 Å². The molecule has 2 aromatic rings. The van der Waals surface area contributed by atoms with Crippen LogP contribution in [-0.2, 0) is 4.79 Å². The first-order chi connectivity index (χ1) is 11.0. The van der Waals surface area contributed by atoms with E-state index in [0.29, 0.717) is 11.8 Å². The number of aromatic amines is 1. The van der Waals surface area contributed by atoms with E-state index in [1.165, 1.54) is 24.6 Å². The van der Waals surface area contributed by atoms with Crippen LogP contribution >= 0.6 is 11.8 Å². The van der Waals surface area contributed by atoms with Gasteiger partial charge in [0, 0.05) is 13.1 Å². The molecule has 0 aliphatic heterocycles. The summed E-state index contributed by atoms with van der Waals surface area (Å²) in [5.41, 5.74) is 0.946. The monoisotopic (exact) mass is 331 g/mol. The van der Waals surface area contributed by atoms with Gasteiger partial charge in [0.15, 0.2) is 5.52 Å². The molecule has 6 heteroatoms. The van der Waals surface area contributed by atoms with Gasteiger partial charge in [-0.2, -0.15) is 0 Å². The van der Waals surface area contributed by atoms with Crippen LogP contribution < -0.4 is 10.3 Å². The first-order valence-corrected chi connectivity index (χ1v) is 9.00. The van der Waals surface area contributed by atoms with Crippen molar-refractivity contribution in [3.63, 3.8) is 0 Å². The van der Waals surface area contributed by atoms with Gasteiger partial charge >= 0.3 is 0 Å². The Balaban J connectivity index is 1.79. The highest BCUT2D eigenvalue weighted by Gasteiger charge is 2.27. The molecule has 3 rings (SSSR count). The summed E-state index contributed by atoms with van der Waals surface area (Å²) in [6.07, 6.45) is 2.43. The molecule has 1 aromatic carbocycles. The molecule has 1 heterocycles. The van der Waals surface area contributed by atoms with Crippen LogP contribution in [-0.4, -0.2) is 40.7 Å². The van der Waals surface area contributed by atoms with Crippen LogP contribution in [0.1, 0.15) is 26.7 Å². The Morgan fingerprint density at radius 3 is 2.87 bits per heavy atom. The van der Waals surface area contributed by atoms with Gasteiger partial charge in [0.2, 0.25) is 11.7 Å². The van der Waals surface area contributed by atoms with Crippen LogP contribution in [0.4, 0.5) is 5.82 Å². The van der Waals surface area contributed by atoms with Gasteiger partial charge < -0.3 is 10.2 Å². The summed E-state index contributed by atoms with van der Waals surface area (Å²) >= 11 is 1.45.